The third-order valence-electron chi connectivity index (χ3n) is 4.57. The Morgan fingerprint density at radius 2 is 1.93 bits per heavy atom. The summed E-state index contributed by atoms with van der Waals surface area (Å²) in [5.74, 6) is -0.418. The predicted octanol–water partition coefficient (Wildman–Crippen LogP) is 4.46. The summed E-state index contributed by atoms with van der Waals surface area (Å²) in [6, 6.07) is 7.36. The molecule has 7 heteroatoms. The van der Waals surface area contributed by atoms with Gasteiger partial charge in [-0.15, -0.1) is 0 Å². The van der Waals surface area contributed by atoms with Crippen molar-refractivity contribution in [3.63, 3.8) is 0 Å². The highest BCUT2D eigenvalue weighted by Crippen LogP contribution is 2.44. The third-order valence-corrected chi connectivity index (χ3v) is 4.57. The molecule has 29 heavy (non-hydrogen) atoms. The molecule has 0 unspecified atom stereocenters. The van der Waals surface area contributed by atoms with E-state index in [0.717, 1.165) is 5.39 Å². The zero-order chi connectivity index (χ0) is 21.3. The number of carbonyl (C=O) groups is 2. The molecule has 3 rings (SSSR count). The molecule has 1 aliphatic rings. The van der Waals surface area contributed by atoms with Crippen molar-refractivity contribution in [3.05, 3.63) is 29.8 Å². The van der Waals surface area contributed by atoms with Gasteiger partial charge in [0.2, 0.25) is 12.2 Å². The summed E-state index contributed by atoms with van der Waals surface area (Å²) in [6.07, 6.45) is -0.920. The van der Waals surface area contributed by atoms with Gasteiger partial charge in [0.25, 0.3) is 0 Å². The number of aromatic nitrogens is 1. The summed E-state index contributed by atoms with van der Waals surface area (Å²) >= 11 is 0. The van der Waals surface area contributed by atoms with Gasteiger partial charge in [0.15, 0.2) is 0 Å². The molecule has 2 atom stereocenters. The Morgan fingerprint density at radius 1 is 1.24 bits per heavy atom. The monoisotopic (exact) mass is 403 g/mol. The summed E-state index contributed by atoms with van der Waals surface area (Å²) in [4.78, 5) is 25.6. The normalized spacial score (nSPS) is 19.0. The Balaban J connectivity index is 2.15. The largest absolute Gasteiger partial charge is 0.469 e. The van der Waals surface area contributed by atoms with E-state index in [1.807, 2.05) is 32.0 Å². The van der Waals surface area contributed by atoms with Crippen LogP contribution in [-0.2, 0) is 19.0 Å². The lowest BCUT2D eigenvalue weighted by Crippen LogP contribution is -2.34. The Bertz CT molecular complexity index is 908. The quantitative estimate of drug-likeness (QED) is 0.702. The second-order valence-electron chi connectivity index (χ2n) is 8.64. The van der Waals surface area contributed by atoms with E-state index in [0.29, 0.717) is 30.0 Å². The molecule has 0 saturated carbocycles. The van der Waals surface area contributed by atoms with Crippen molar-refractivity contribution in [3.8, 4) is 5.88 Å². The summed E-state index contributed by atoms with van der Waals surface area (Å²) < 4.78 is 24.0. The maximum Gasteiger partial charge on any atom is 0.421 e. The molecule has 0 saturated heterocycles. The number of para-hydroxylation sites is 1. The van der Waals surface area contributed by atoms with E-state index in [1.54, 1.807) is 26.8 Å². The lowest BCUT2D eigenvalue weighted by Gasteiger charge is -2.30. The highest BCUT2D eigenvalue weighted by atomic mass is 16.7. The molecule has 0 aliphatic carbocycles. The standard InChI is InChI=1S/C22H29NO6/c1-13(2)12-27-17-11-15(20(24)26-6)18-14-9-7-8-10-16(14)23(19(18)28-17)21(25)29-22(3,4)5/h7-10,13,15,17H,11-12H2,1-6H3/t15-,17-/m1/s1. The number of ether oxygens (including phenoxy) is 4. The molecule has 0 bridgehead atoms. The van der Waals surface area contributed by atoms with Crippen molar-refractivity contribution in [1.82, 2.24) is 4.57 Å². The topological polar surface area (TPSA) is 76.0 Å². The van der Waals surface area contributed by atoms with Crippen LogP contribution in [0.4, 0.5) is 4.79 Å². The van der Waals surface area contributed by atoms with Gasteiger partial charge < -0.3 is 18.9 Å². The van der Waals surface area contributed by atoms with Gasteiger partial charge in [0.1, 0.15) is 5.60 Å². The molecule has 158 valence electrons. The first kappa shape index (κ1) is 21.2. The minimum absolute atomic E-state index is 0.274. The van der Waals surface area contributed by atoms with E-state index in [2.05, 4.69) is 0 Å². The van der Waals surface area contributed by atoms with Crippen LogP contribution >= 0.6 is 0 Å². The fourth-order valence-electron chi connectivity index (χ4n) is 3.42. The number of benzene rings is 1. The van der Waals surface area contributed by atoms with Gasteiger partial charge in [-0.25, -0.2) is 9.36 Å². The molecule has 2 heterocycles. The lowest BCUT2D eigenvalue weighted by molar-refractivity contribution is -0.150. The van der Waals surface area contributed by atoms with Gasteiger partial charge in [-0.05, 0) is 32.8 Å². The smallest absolute Gasteiger partial charge is 0.421 e. The number of rotatable bonds is 4. The van der Waals surface area contributed by atoms with Crippen molar-refractivity contribution >= 4 is 23.0 Å². The molecule has 0 N–H and O–H groups in total. The van der Waals surface area contributed by atoms with Crippen LogP contribution < -0.4 is 4.74 Å². The van der Waals surface area contributed by atoms with Crippen molar-refractivity contribution in [2.45, 2.75) is 58.8 Å². The Labute approximate surface area is 170 Å². The Morgan fingerprint density at radius 3 is 2.55 bits per heavy atom. The predicted molar refractivity (Wildman–Crippen MR) is 108 cm³/mol. The molecule has 1 aromatic heterocycles. The molecule has 2 aromatic rings. The number of esters is 1. The van der Waals surface area contributed by atoms with Crippen LogP contribution in [0, 0.1) is 5.92 Å². The molecule has 1 aromatic carbocycles. The summed E-state index contributed by atoms with van der Waals surface area (Å²) in [5, 5.41) is 0.756. The third kappa shape index (κ3) is 4.40. The van der Waals surface area contributed by atoms with E-state index in [4.69, 9.17) is 18.9 Å². The maximum atomic E-state index is 13.0. The second kappa shape index (κ2) is 8.06. The van der Waals surface area contributed by atoms with Crippen LogP contribution in [-0.4, -0.2) is 42.2 Å². The Kier molecular flexibility index (Phi) is 5.89. The molecule has 0 amide bonds. The maximum absolute atomic E-state index is 13.0. The average Bonchev–Trinajstić information content (AvgIpc) is 2.98. The van der Waals surface area contributed by atoms with Crippen LogP contribution in [0.1, 0.15) is 52.5 Å². The second-order valence-corrected chi connectivity index (χ2v) is 8.64. The van der Waals surface area contributed by atoms with Gasteiger partial charge in [0.05, 0.1) is 25.2 Å². The van der Waals surface area contributed by atoms with Gasteiger partial charge in [-0.2, -0.15) is 0 Å². The van der Waals surface area contributed by atoms with Crippen LogP contribution in [0.5, 0.6) is 5.88 Å². The first-order chi connectivity index (χ1) is 13.6. The highest BCUT2D eigenvalue weighted by molar-refractivity contribution is 5.98. The first-order valence-electron chi connectivity index (χ1n) is 9.85. The molecular formula is C22H29NO6. The van der Waals surface area contributed by atoms with Crippen molar-refractivity contribution in [1.29, 1.82) is 0 Å². The zero-order valence-electron chi connectivity index (χ0n) is 17.9. The molecule has 7 nitrogen and oxygen atoms in total. The summed E-state index contributed by atoms with van der Waals surface area (Å²) in [6.45, 7) is 9.94. The SMILES string of the molecule is COC(=O)[C@@H]1C[C@H](OCC(C)C)Oc2c1c1ccccc1n2C(=O)OC(C)(C)C. The fourth-order valence-corrected chi connectivity index (χ4v) is 3.42. The van der Waals surface area contributed by atoms with E-state index in [9.17, 15) is 9.59 Å². The fraction of sp³-hybridized carbons (Fsp3) is 0.545. The van der Waals surface area contributed by atoms with E-state index in [-0.39, 0.29) is 11.8 Å². The van der Waals surface area contributed by atoms with Gasteiger partial charge in [-0.1, -0.05) is 32.0 Å². The van der Waals surface area contributed by atoms with Crippen LogP contribution in [0.2, 0.25) is 0 Å². The molecule has 1 aliphatic heterocycles. The first-order valence-corrected chi connectivity index (χ1v) is 9.85. The number of carbonyl (C=O) groups excluding carboxylic acids is 2. The minimum atomic E-state index is -0.681. The highest BCUT2D eigenvalue weighted by Gasteiger charge is 2.40. The number of fused-ring (bicyclic) bond motifs is 3. The minimum Gasteiger partial charge on any atom is -0.469 e. The van der Waals surface area contributed by atoms with Gasteiger partial charge in [0, 0.05) is 17.4 Å². The van der Waals surface area contributed by atoms with Crippen LogP contribution in [0.15, 0.2) is 24.3 Å². The van der Waals surface area contributed by atoms with Gasteiger partial charge in [-0.3, -0.25) is 4.79 Å². The molecular weight excluding hydrogens is 374 g/mol. The number of methoxy groups -OCH3 is 1. The number of nitrogens with zero attached hydrogens (tertiary/aromatic N) is 1. The van der Waals surface area contributed by atoms with Crippen molar-refractivity contribution < 1.29 is 28.5 Å². The van der Waals surface area contributed by atoms with E-state index in [1.165, 1.54) is 11.7 Å². The lowest BCUT2D eigenvalue weighted by atomic mass is 9.93. The van der Waals surface area contributed by atoms with Crippen molar-refractivity contribution in [2.24, 2.45) is 5.92 Å². The van der Waals surface area contributed by atoms with Crippen LogP contribution in [0.25, 0.3) is 10.9 Å². The van der Waals surface area contributed by atoms with Crippen molar-refractivity contribution in [2.75, 3.05) is 13.7 Å². The number of hydrogen-bond donors (Lipinski definition) is 0. The molecule has 0 spiro atoms. The zero-order valence-corrected chi connectivity index (χ0v) is 17.9. The Hall–Kier alpha value is -2.54. The van der Waals surface area contributed by atoms with E-state index >= 15 is 0 Å². The van der Waals surface area contributed by atoms with E-state index < -0.39 is 23.9 Å². The summed E-state index contributed by atoms with van der Waals surface area (Å²) in [5.41, 5.74) is 0.562. The molecule has 0 fully saturated rings. The van der Waals surface area contributed by atoms with Crippen LogP contribution in [0.3, 0.4) is 0 Å². The number of hydrogen-bond acceptors (Lipinski definition) is 6. The average molecular weight is 403 g/mol. The summed E-state index contributed by atoms with van der Waals surface area (Å²) in [7, 11) is 1.36. The van der Waals surface area contributed by atoms with Gasteiger partial charge >= 0.3 is 12.1 Å². The molecule has 0 radical (unpaired) electrons.